The van der Waals surface area contributed by atoms with Gasteiger partial charge in [-0.1, -0.05) is 30.3 Å². The zero-order chi connectivity index (χ0) is 16.9. The second-order valence-electron chi connectivity index (χ2n) is 5.59. The standard InChI is InChI=1S/C19H21N3O2/c1-3-22-16-10-6-5-9-15(16)21-18(22)12-20-19(23)13-24-17-11-7-4-8-14(17)2/h4-11H,3,12-13H2,1-2H3,(H,20,23). The number of aromatic nitrogens is 2. The Morgan fingerprint density at radius 3 is 2.71 bits per heavy atom. The summed E-state index contributed by atoms with van der Waals surface area (Å²) < 4.78 is 7.67. The number of nitrogens with one attached hydrogen (secondary N) is 1. The lowest BCUT2D eigenvalue weighted by Crippen LogP contribution is -2.29. The number of fused-ring (bicyclic) bond motifs is 1. The molecule has 3 aromatic rings. The third-order valence-electron chi connectivity index (χ3n) is 3.95. The average Bonchev–Trinajstić information content (AvgIpc) is 2.96. The fourth-order valence-electron chi connectivity index (χ4n) is 2.70. The Kier molecular flexibility index (Phi) is 4.79. The first kappa shape index (κ1) is 16.1. The molecule has 0 saturated carbocycles. The molecule has 5 nitrogen and oxygen atoms in total. The lowest BCUT2D eigenvalue weighted by atomic mass is 10.2. The first-order valence-electron chi connectivity index (χ1n) is 8.08. The van der Waals surface area contributed by atoms with Crippen LogP contribution in [-0.2, 0) is 17.9 Å². The summed E-state index contributed by atoms with van der Waals surface area (Å²) in [5, 5.41) is 2.88. The second-order valence-corrected chi connectivity index (χ2v) is 5.59. The Morgan fingerprint density at radius 2 is 1.92 bits per heavy atom. The summed E-state index contributed by atoms with van der Waals surface area (Å²) in [7, 11) is 0. The first-order chi connectivity index (χ1) is 11.7. The summed E-state index contributed by atoms with van der Waals surface area (Å²) in [5.41, 5.74) is 3.04. The number of carbonyl (C=O) groups excluding carboxylic acids is 1. The number of rotatable bonds is 6. The van der Waals surface area contributed by atoms with Crippen LogP contribution in [0.1, 0.15) is 18.3 Å². The summed E-state index contributed by atoms with van der Waals surface area (Å²) >= 11 is 0. The van der Waals surface area contributed by atoms with E-state index in [0.717, 1.165) is 34.7 Å². The molecular weight excluding hydrogens is 302 g/mol. The molecule has 0 unspecified atom stereocenters. The Balaban J connectivity index is 1.61. The number of benzene rings is 2. The Hall–Kier alpha value is -2.82. The molecule has 24 heavy (non-hydrogen) atoms. The summed E-state index contributed by atoms with van der Waals surface area (Å²) in [4.78, 5) is 16.6. The maximum Gasteiger partial charge on any atom is 0.258 e. The van der Waals surface area contributed by atoms with E-state index in [1.54, 1.807) is 0 Å². The van der Waals surface area contributed by atoms with Crippen LogP contribution < -0.4 is 10.1 Å². The zero-order valence-electron chi connectivity index (χ0n) is 14.0. The normalized spacial score (nSPS) is 10.8. The van der Waals surface area contributed by atoms with E-state index >= 15 is 0 Å². The predicted octanol–water partition coefficient (Wildman–Crippen LogP) is 3.06. The zero-order valence-corrected chi connectivity index (χ0v) is 14.0. The maximum atomic E-state index is 12.0. The highest BCUT2D eigenvalue weighted by Gasteiger charge is 2.10. The van der Waals surface area contributed by atoms with Gasteiger partial charge in [0.15, 0.2) is 6.61 Å². The first-order valence-corrected chi connectivity index (χ1v) is 8.08. The number of carbonyl (C=O) groups is 1. The van der Waals surface area contributed by atoms with Crippen LogP contribution >= 0.6 is 0 Å². The number of amides is 1. The fourth-order valence-corrected chi connectivity index (χ4v) is 2.70. The molecule has 5 heteroatoms. The van der Waals surface area contributed by atoms with Crippen molar-refractivity contribution in [2.45, 2.75) is 26.9 Å². The number of ether oxygens (including phenoxy) is 1. The lowest BCUT2D eigenvalue weighted by molar-refractivity contribution is -0.123. The van der Waals surface area contributed by atoms with Gasteiger partial charge in [-0.05, 0) is 37.6 Å². The molecule has 0 aliphatic heterocycles. The molecule has 2 aromatic carbocycles. The number of hydrogen-bond acceptors (Lipinski definition) is 3. The van der Waals surface area contributed by atoms with Crippen LogP contribution in [0, 0.1) is 6.92 Å². The molecule has 1 N–H and O–H groups in total. The molecule has 0 fully saturated rings. The van der Waals surface area contributed by atoms with Crippen molar-refractivity contribution >= 4 is 16.9 Å². The summed E-state index contributed by atoms with van der Waals surface area (Å²) in [5.74, 6) is 1.42. The van der Waals surface area contributed by atoms with Gasteiger partial charge >= 0.3 is 0 Å². The molecule has 0 spiro atoms. The predicted molar refractivity (Wildman–Crippen MR) is 93.9 cm³/mol. The Bertz CT molecular complexity index is 855. The smallest absolute Gasteiger partial charge is 0.258 e. The molecule has 0 radical (unpaired) electrons. The van der Waals surface area contributed by atoms with Crippen molar-refractivity contribution < 1.29 is 9.53 Å². The number of imidazole rings is 1. The molecule has 1 heterocycles. The minimum atomic E-state index is -0.159. The Labute approximate surface area is 141 Å². The molecule has 0 bridgehead atoms. The highest BCUT2D eigenvalue weighted by Crippen LogP contribution is 2.17. The van der Waals surface area contributed by atoms with Crippen LogP contribution in [0.5, 0.6) is 5.75 Å². The van der Waals surface area contributed by atoms with Crippen molar-refractivity contribution in [2.24, 2.45) is 0 Å². The Morgan fingerprint density at radius 1 is 1.17 bits per heavy atom. The van der Waals surface area contributed by atoms with Gasteiger partial charge in [-0.3, -0.25) is 4.79 Å². The summed E-state index contributed by atoms with van der Waals surface area (Å²) in [6.45, 7) is 5.22. The molecule has 1 amide bonds. The number of para-hydroxylation sites is 3. The van der Waals surface area contributed by atoms with Gasteiger partial charge in [-0.25, -0.2) is 4.98 Å². The third-order valence-corrected chi connectivity index (χ3v) is 3.95. The van der Waals surface area contributed by atoms with Crippen LogP contribution in [0.3, 0.4) is 0 Å². The number of hydrogen-bond donors (Lipinski definition) is 1. The monoisotopic (exact) mass is 323 g/mol. The fraction of sp³-hybridized carbons (Fsp3) is 0.263. The number of aryl methyl sites for hydroxylation is 2. The van der Waals surface area contributed by atoms with Crippen LogP contribution in [0.2, 0.25) is 0 Å². The molecule has 1 aromatic heterocycles. The topological polar surface area (TPSA) is 56.2 Å². The van der Waals surface area contributed by atoms with Crippen molar-refractivity contribution in [2.75, 3.05) is 6.61 Å². The molecule has 3 rings (SSSR count). The molecule has 124 valence electrons. The maximum absolute atomic E-state index is 12.0. The van der Waals surface area contributed by atoms with Crippen molar-refractivity contribution in [3.8, 4) is 5.75 Å². The molecule has 0 aliphatic carbocycles. The lowest BCUT2D eigenvalue weighted by Gasteiger charge is -2.10. The molecule has 0 atom stereocenters. The van der Waals surface area contributed by atoms with Crippen molar-refractivity contribution in [3.63, 3.8) is 0 Å². The minimum Gasteiger partial charge on any atom is -0.484 e. The van der Waals surface area contributed by atoms with E-state index in [0.29, 0.717) is 6.54 Å². The van der Waals surface area contributed by atoms with Gasteiger partial charge in [0.2, 0.25) is 0 Å². The van der Waals surface area contributed by atoms with Crippen molar-refractivity contribution in [3.05, 3.63) is 59.9 Å². The molecule has 0 aliphatic rings. The van der Waals surface area contributed by atoms with Gasteiger partial charge in [0.1, 0.15) is 11.6 Å². The van der Waals surface area contributed by atoms with Crippen LogP contribution in [0.15, 0.2) is 48.5 Å². The van der Waals surface area contributed by atoms with Gasteiger partial charge in [0.25, 0.3) is 5.91 Å². The highest BCUT2D eigenvalue weighted by atomic mass is 16.5. The SMILES string of the molecule is CCn1c(CNC(=O)COc2ccccc2C)nc2ccccc21. The van der Waals surface area contributed by atoms with Gasteiger partial charge in [0, 0.05) is 6.54 Å². The third kappa shape index (κ3) is 3.40. The van der Waals surface area contributed by atoms with Gasteiger partial charge in [-0.15, -0.1) is 0 Å². The van der Waals surface area contributed by atoms with Gasteiger partial charge in [0.05, 0.1) is 17.6 Å². The summed E-state index contributed by atoms with van der Waals surface area (Å²) in [6, 6.07) is 15.6. The van der Waals surface area contributed by atoms with E-state index in [2.05, 4.69) is 21.8 Å². The summed E-state index contributed by atoms with van der Waals surface area (Å²) in [6.07, 6.45) is 0. The van der Waals surface area contributed by atoms with E-state index in [4.69, 9.17) is 4.74 Å². The van der Waals surface area contributed by atoms with E-state index in [9.17, 15) is 4.79 Å². The highest BCUT2D eigenvalue weighted by molar-refractivity contribution is 5.78. The van der Waals surface area contributed by atoms with E-state index < -0.39 is 0 Å². The quantitative estimate of drug-likeness (QED) is 0.758. The minimum absolute atomic E-state index is 0.00277. The largest absolute Gasteiger partial charge is 0.484 e. The number of nitrogens with zero attached hydrogens (tertiary/aromatic N) is 2. The van der Waals surface area contributed by atoms with Gasteiger partial charge < -0.3 is 14.6 Å². The van der Waals surface area contributed by atoms with E-state index in [1.807, 2.05) is 55.5 Å². The van der Waals surface area contributed by atoms with E-state index in [1.165, 1.54) is 0 Å². The molecule has 0 saturated heterocycles. The molecular formula is C19H21N3O2. The average molecular weight is 323 g/mol. The van der Waals surface area contributed by atoms with Crippen LogP contribution in [0.4, 0.5) is 0 Å². The van der Waals surface area contributed by atoms with Crippen molar-refractivity contribution in [1.29, 1.82) is 0 Å². The van der Waals surface area contributed by atoms with E-state index in [-0.39, 0.29) is 12.5 Å². The van der Waals surface area contributed by atoms with Crippen LogP contribution in [-0.4, -0.2) is 22.1 Å². The van der Waals surface area contributed by atoms with Gasteiger partial charge in [-0.2, -0.15) is 0 Å². The van der Waals surface area contributed by atoms with Crippen LogP contribution in [0.25, 0.3) is 11.0 Å². The second kappa shape index (κ2) is 7.17. The van der Waals surface area contributed by atoms with Crippen molar-refractivity contribution in [1.82, 2.24) is 14.9 Å².